The van der Waals surface area contributed by atoms with Gasteiger partial charge in [0.25, 0.3) is 0 Å². The number of nitrogens with zero attached hydrogens (tertiary/aromatic N) is 3. The second-order valence-corrected chi connectivity index (χ2v) is 9.15. The predicted molar refractivity (Wildman–Crippen MR) is 122 cm³/mol. The molecule has 2 saturated carbocycles. The average Bonchev–Trinajstić information content (AvgIpc) is 2.71. The Morgan fingerprint density at radius 3 is 2.37 bits per heavy atom. The van der Waals surface area contributed by atoms with E-state index in [-0.39, 0.29) is 5.41 Å². The third-order valence-electron chi connectivity index (χ3n) is 7.37. The summed E-state index contributed by atoms with van der Waals surface area (Å²) in [6.45, 7) is 6.49. The van der Waals surface area contributed by atoms with Crippen molar-refractivity contribution in [3.63, 3.8) is 0 Å². The third kappa shape index (κ3) is 4.80. The van der Waals surface area contributed by atoms with E-state index < -0.39 is 0 Å². The number of aliphatic imine (C=N–C) groups is 1. The normalized spacial score (nSPS) is 22.2. The highest BCUT2D eigenvalue weighted by molar-refractivity contribution is 5.80. The average molecular weight is 412 g/mol. The molecule has 0 aromatic heterocycles. The van der Waals surface area contributed by atoms with Gasteiger partial charge in [-0.05, 0) is 31.2 Å². The second-order valence-electron chi connectivity index (χ2n) is 9.15. The van der Waals surface area contributed by atoms with E-state index in [1.165, 1.54) is 31.2 Å². The maximum atomic E-state index is 12.4. The number of piperazine rings is 1. The Morgan fingerprint density at radius 1 is 1.07 bits per heavy atom. The lowest BCUT2D eigenvalue weighted by Gasteiger charge is -2.43. The van der Waals surface area contributed by atoms with E-state index in [1.54, 1.807) is 0 Å². The van der Waals surface area contributed by atoms with Gasteiger partial charge in [-0.3, -0.25) is 14.7 Å². The molecule has 2 N–H and O–H groups in total. The molecule has 3 fully saturated rings. The van der Waals surface area contributed by atoms with Gasteiger partial charge in [0.15, 0.2) is 5.96 Å². The van der Waals surface area contributed by atoms with Crippen LogP contribution in [-0.4, -0.2) is 74.5 Å². The van der Waals surface area contributed by atoms with Crippen LogP contribution in [0.4, 0.5) is 0 Å². The summed E-state index contributed by atoms with van der Waals surface area (Å²) in [6.07, 6.45) is 7.21. The minimum absolute atomic E-state index is 0.252. The number of guanidine groups is 1. The van der Waals surface area contributed by atoms with E-state index in [0.717, 1.165) is 64.6 Å². The summed E-state index contributed by atoms with van der Waals surface area (Å²) in [5, 5.41) is 7.04. The number of carbonyl (C=O) groups excluding carboxylic acids is 1. The fourth-order valence-corrected chi connectivity index (χ4v) is 4.87. The zero-order valence-corrected chi connectivity index (χ0v) is 18.4. The van der Waals surface area contributed by atoms with Gasteiger partial charge >= 0.3 is 0 Å². The topological polar surface area (TPSA) is 60.0 Å². The van der Waals surface area contributed by atoms with Crippen molar-refractivity contribution in [2.75, 3.05) is 52.9 Å². The van der Waals surface area contributed by atoms with Gasteiger partial charge in [0.05, 0.1) is 0 Å². The maximum absolute atomic E-state index is 12.4. The van der Waals surface area contributed by atoms with Crippen LogP contribution in [0.1, 0.15) is 44.1 Å². The molecule has 1 saturated heterocycles. The Labute approximate surface area is 181 Å². The molecule has 4 rings (SSSR count). The van der Waals surface area contributed by atoms with E-state index in [0.29, 0.717) is 11.8 Å². The van der Waals surface area contributed by atoms with Gasteiger partial charge in [0.2, 0.25) is 5.91 Å². The molecule has 2 aliphatic carbocycles. The first kappa shape index (κ1) is 21.2. The summed E-state index contributed by atoms with van der Waals surface area (Å²) in [5.74, 6) is 1.60. The highest BCUT2D eigenvalue weighted by Gasteiger charge is 2.38. The number of hydrogen-bond acceptors (Lipinski definition) is 3. The van der Waals surface area contributed by atoms with E-state index in [9.17, 15) is 4.79 Å². The Morgan fingerprint density at radius 2 is 1.80 bits per heavy atom. The fourth-order valence-electron chi connectivity index (χ4n) is 4.87. The summed E-state index contributed by atoms with van der Waals surface area (Å²) in [5.41, 5.74) is 1.69. The van der Waals surface area contributed by atoms with Crippen molar-refractivity contribution in [1.29, 1.82) is 0 Å². The lowest BCUT2D eigenvalue weighted by molar-refractivity contribution is -0.139. The van der Waals surface area contributed by atoms with Gasteiger partial charge in [0.1, 0.15) is 0 Å². The molecule has 6 nitrogen and oxygen atoms in total. The van der Waals surface area contributed by atoms with Gasteiger partial charge in [-0.15, -0.1) is 0 Å². The molecule has 0 spiro atoms. The first-order chi connectivity index (χ1) is 14.7. The number of amides is 1. The molecule has 1 aromatic carbocycles. The fraction of sp³-hybridized carbons (Fsp3) is 0.667. The van der Waals surface area contributed by atoms with Crippen LogP contribution in [0.3, 0.4) is 0 Å². The number of hydrogen-bond donors (Lipinski definition) is 2. The molecule has 0 bridgehead atoms. The second kappa shape index (κ2) is 9.82. The highest BCUT2D eigenvalue weighted by atomic mass is 16.2. The lowest BCUT2D eigenvalue weighted by Crippen LogP contribution is -2.53. The Bertz CT molecular complexity index is 718. The van der Waals surface area contributed by atoms with Gasteiger partial charge in [-0.1, -0.05) is 43.2 Å². The SMILES string of the molecule is CN=C(NCCN1CCN(C(=O)C2CCC2)CC1)NCC1(c2ccccc2)CCC1. The minimum atomic E-state index is 0.252. The number of nitrogens with one attached hydrogen (secondary N) is 2. The Balaban J connectivity index is 1.16. The number of rotatable bonds is 7. The van der Waals surface area contributed by atoms with Crippen LogP contribution in [0.25, 0.3) is 0 Å². The summed E-state index contributed by atoms with van der Waals surface area (Å²) in [7, 11) is 1.84. The zero-order chi connectivity index (χ0) is 20.8. The standard InChI is InChI=1S/C24H37N5O/c1-25-23(27-19-24(11-6-12-24)21-9-3-2-4-10-21)26-13-14-28-15-17-29(18-16-28)22(30)20-7-5-8-20/h2-4,9-10,20H,5-8,11-19H2,1H3,(H2,25,26,27). The Hall–Kier alpha value is -2.08. The van der Waals surface area contributed by atoms with Crippen LogP contribution in [0.2, 0.25) is 0 Å². The van der Waals surface area contributed by atoms with Crippen molar-refractivity contribution in [2.24, 2.45) is 10.9 Å². The van der Waals surface area contributed by atoms with Crippen molar-refractivity contribution in [2.45, 2.75) is 43.9 Å². The minimum Gasteiger partial charge on any atom is -0.356 e. The van der Waals surface area contributed by atoms with Crippen LogP contribution < -0.4 is 10.6 Å². The molecular weight excluding hydrogens is 374 g/mol. The summed E-state index contributed by atoms with van der Waals surface area (Å²) < 4.78 is 0. The Kier molecular flexibility index (Phi) is 6.93. The highest BCUT2D eigenvalue weighted by Crippen LogP contribution is 2.43. The molecular formula is C24H37N5O. The zero-order valence-electron chi connectivity index (χ0n) is 18.4. The number of carbonyl (C=O) groups is 1. The van der Waals surface area contributed by atoms with Gasteiger partial charge in [0, 0.05) is 64.2 Å². The van der Waals surface area contributed by atoms with E-state index >= 15 is 0 Å². The quantitative estimate of drug-likeness (QED) is 0.534. The molecule has 1 aromatic rings. The van der Waals surface area contributed by atoms with Gasteiger partial charge in [-0.25, -0.2) is 0 Å². The molecule has 0 atom stereocenters. The molecule has 6 heteroatoms. The van der Waals surface area contributed by atoms with Crippen LogP contribution in [0.15, 0.2) is 35.3 Å². The largest absolute Gasteiger partial charge is 0.356 e. The van der Waals surface area contributed by atoms with E-state index in [1.807, 2.05) is 7.05 Å². The summed E-state index contributed by atoms with van der Waals surface area (Å²) in [4.78, 5) is 21.3. The first-order valence-electron chi connectivity index (χ1n) is 11.7. The molecule has 1 aliphatic heterocycles. The van der Waals surface area contributed by atoms with Crippen LogP contribution >= 0.6 is 0 Å². The van der Waals surface area contributed by atoms with Crippen LogP contribution in [-0.2, 0) is 10.2 Å². The van der Waals surface area contributed by atoms with Crippen molar-refractivity contribution in [3.05, 3.63) is 35.9 Å². The lowest BCUT2D eigenvalue weighted by atomic mass is 9.64. The van der Waals surface area contributed by atoms with Crippen molar-refractivity contribution >= 4 is 11.9 Å². The predicted octanol–water partition coefficient (Wildman–Crippen LogP) is 2.22. The van der Waals surface area contributed by atoms with Crippen LogP contribution in [0.5, 0.6) is 0 Å². The van der Waals surface area contributed by atoms with E-state index in [2.05, 4.69) is 55.8 Å². The van der Waals surface area contributed by atoms with Crippen molar-refractivity contribution in [1.82, 2.24) is 20.4 Å². The van der Waals surface area contributed by atoms with Crippen molar-refractivity contribution in [3.8, 4) is 0 Å². The summed E-state index contributed by atoms with van der Waals surface area (Å²) >= 11 is 0. The van der Waals surface area contributed by atoms with Gasteiger partial charge < -0.3 is 15.5 Å². The summed E-state index contributed by atoms with van der Waals surface area (Å²) in [6, 6.07) is 10.9. The molecule has 3 aliphatic rings. The smallest absolute Gasteiger partial charge is 0.225 e. The molecule has 0 radical (unpaired) electrons. The molecule has 30 heavy (non-hydrogen) atoms. The first-order valence-corrected chi connectivity index (χ1v) is 11.7. The molecule has 1 heterocycles. The molecule has 164 valence electrons. The van der Waals surface area contributed by atoms with E-state index in [4.69, 9.17) is 0 Å². The molecule has 1 amide bonds. The van der Waals surface area contributed by atoms with Crippen LogP contribution in [0, 0.1) is 5.92 Å². The molecule has 0 unspecified atom stereocenters. The van der Waals surface area contributed by atoms with Gasteiger partial charge in [-0.2, -0.15) is 0 Å². The third-order valence-corrected chi connectivity index (χ3v) is 7.37. The maximum Gasteiger partial charge on any atom is 0.225 e. The number of benzene rings is 1. The van der Waals surface area contributed by atoms with Crippen molar-refractivity contribution < 1.29 is 4.79 Å². The monoisotopic (exact) mass is 411 g/mol.